The first-order valence-corrected chi connectivity index (χ1v) is 10.4. The van der Waals surface area contributed by atoms with Crippen LogP contribution in [0.15, 0.2) is 45.4 Å². The van der Waals surface area contributed by atoms with Gasteiger partial charge in [-0.1, -0.05) is 49.1 Å². The number of nitrogens with one attached hydrogen (secondary N) is 1. The van der Waals surface area contributed by atoms with Crippen molar-refractivity contribution in [1.82, 2.24) is 10.2 Å². The van der Waals surface area contributed by atoms with E-state index >= 15 is 0 Å². The standard InChI is InChI=1S/C19H21N3O2S2/c1-3-13-7-8-14(4-2)16(10-13)17(23)12-25-19-22-21-18(26-19)20-11-15-6-5-9-24-15/h5-10H,3-4,11-12H2,1-2H3,(H,20,21). The lowest BCUT2D eigenvalue weighted by molar-refractivity contribution is 0.102. The Morgan fingerprint density at radius 1 is 1.23 bits per heavy atom. The molecular formula is C19H21N3O2S2. The zero-order chi connectivity index (χ0) is 18.4. The van der Waals surface area contributed by atoms with Crippen LogP contribution in [0.3, 0.4) is 0 Å². The van der Waals surface area contributed by atoms with Gasteiger partial charge in [-0.3, -0.25) is 4.79 Å². The van der Waals surface area contributed by atoms with Crippen LogP contribution in [-0.4, -0.2) is 21.7 Å². The monoisotopic (exact) mass is 387 g/mol. The number of carbonyl (C=O) groups excluding carboxylic acids is 1. The van der Waals surface area contributed by atoms with Crippen LogP contribution >= 0.6 is 23.1 Å². The quantitative estimate of drug-likeness (QED) is 0.418. The number of rotatable bonds is 9. The molecule has 3 rings (SSSR count). The maximum Gasteiger partial charge on any atom is 0.206 e. The van der Waals surface area contributed by atoms with Gasteiger partial charge in [-0.05, 0) is 42.2 Å². The SMILES string of the molecule is CCc1ccc(CC)c(C(=O)CSc2nnc(NCc3ccco3)s2)c1. The van der Waals surface area contributed by atoms with E-state index in [-0.39, 0.29) is 5.78 Å². The van der Waals surface area contributed by atoms with Crippen LogP contribution < -0.4 is 5.32 Å². The Morgan fingerprint density at radius 3 is 2.85 bits per heavy atom. The number of nitrogens with zero attached hydrogens (tertiary/aromatic N) is 2. The van der Waals surface area contributed by atoms with Crippen molar-refractivity contribution in [1.29, 1.82) is 0 Å². The number of aryl methyl sites for hydroxylation is 2. The molecule has 0 fully saturated rings. The van der Waals surface area contributed by atoms with E-state index in [9.17, 15) is 4.79 Å². The zero-order valence-electron chi connectivity index (χ0n) is 14.8. The molecule has 5 nitrogen and oxygen atoms in total. The number of hydrogen-bond donors (Lipinski definition) is 1. The van der Waals surface area contributed by atoms with E-state index in [1.807, 2.05) is 18.2 Å². The maximum absolute atomic E-state index is 12.7. The zero-order valence-corrected chi connectivity index (χ0v) is 16.5. The normalized spacial score (nSPS) is 10.8. The van der Waals surface area contributed by atoms with Crippen molar-refractivity contribution in [3.63, 3.8) is 0 Å². The average Bonchev–Trinajstić information content (AvgIpc) is 3.35. The Kier molecular flexibility index (Phi) is 6.46. The Bertz CT molecular complexity index is 860. The molecule has 26 heavy (non-hydrogen) atoms. The molecule has 0 saturated heterocycles. The van der Waals surface area contributed by atoms with Gasteiger partial charge >= 0.3 is 0 Å². The van der Waals surface area contributed by atoms with Gasteiger partial charge in [-0.15, -0.1) is 10.2 Å². The summed E-state index contributed by atoms with van der Waals surface area (Å²) in [6, 6.07) is 9.95. The van der Waals surface area contributed by atoms with E-state index in [1.54, 1.807) is 6.26 Å². The Balaban J connectivity index is 1.58. The lowest BCUT2D eigenvalue weighted by Gasteiger charge is -2.08. The highest BCUT2D eigenvalue weighted by molar-refractivity contribution is 8.01. The number of aromatic nitrogens is 2. The lowest BCUT2D eigenvalue weighted by atomic mass is 9.98. The molecule has 0 unspecified atom stereocenters. The summed E-state index contributed by atoms with van der Waals surface area (Å²) in [5.74, 6) is 1.35. The van der Waals surface area contributed by atoms with E-state index in [4.69, 9.17) is 4.42 Å². The molecule has 136 valence electrons. The molecule has 0 aliphatic carbocycles. The Morgan fingerprint density at radius 2 is 2.12 bits per heavy atom. The maximum atomic E-state index is 12.7. The second-order valence-electron chi connectivity index (χ2n) is 5.72. The Hall–Kier alpha value is -2.12. The summed E-state index contributed by atoms with van der Waals surface area (Å²) in [6.45, 7) is 4.74. The number of thioether (sulfide) groups is 1. The molecule has 2 aromatic heterocycles. The second kappa shape index (κ2) is 9.00. The molecular weight excluding hydrogens is 366 g/mol. The third-order valence-corrected chi connectivity index (χ3v) is 6.01. The van der Waals surface area contributed by atoms with Gasteiger partial charge in [0.05, 0.1) is 18.6 Å². The summed E-state index contributed by atoms with van der Waals surface area (Å²) in [7, 11) is 0. The van der Waals surface area contributed by atoms with Crippen LogP contribution in [0.1, 0.15) is 41.1 Å². The molecule has 1 aromatic carbocycles. The summed E-state index contributed by atoms with van der Waals surface area (Å²) >= 11 is 2.88. The highest BCUT2D eigenvalue weighted by atomic mass is 32.2. The van der Waals surface area contributed by atoms with Crippen molar-refractivity contribution in [2.75, 3.05) is 11.1 Å². The molecule has 0 bridgehead atoms. The smallest absolute Gasteiger partial charge is 0.206 e. The molecule has 0 saturated carbocycles. The first kappa shape index (κ1) is 18.7. The first-order chi connectivity index (χ1) is 12.7. The Labute approximate surface area is 161 Å². The molecule has 0 aliphatic rings. The predicted octanol–water partition coefficient (Wildman–Crippen LogP) is 4.84. The van der Waals surface area contributed by atoms with Crippen LogP contribution in [-0.2, 0) is 19.4 Å². The first-order valence-electron chi connectivity index (χ1n) is 8.57. The summed E-state index contributed by atoms with van der Waals surface area (Å²) in [5, 5.41) is 12.1. The fraction of sp³-hybridized carbons (Fsp3) is 0.316. The van der Waals surface area contributed by atoms with Crippen molar-refractivity contribution >= 4 is 34.0 Å². The highest BCUT2D eigenvalue weighted by Crippen LogP contribution is 2.27. The number of Topliss-reactive ketones (excluding diaryl/α,β-unsaturated/α-hetero) is 1. The molecule has 0 amide bonds. The van der Waals surface area contributed by atoms with Crippen molar-refractivity contribution in [3.8, 4) is 0 Å². The fourth-order valence-corrected chi connectivity index (χ4v) is 4.16. The van der Waals surface area contributed by atoms with Gasteiger partial charge in [0.2, 0.25) is 5.13 Å². The molecule has 3 aromatic rings. The van der Waals surface area contributed by atoms with Crippen molar-refractivity contribution in [2.45, 2.75) is 37.6 Å². The van der Waals surface area contributed by atoms with Crippen LogP contribution in [0.5, 0.6) is 0 Å². The average molecular weight is 388 g/mol. The van der Waals surface area contributed by atoms with Crippen molar-refractivity contribution in [2.24, 2.45) is 0 Å². The molecule has 0 aliphatic heterocycles. The topological polar surface area (TPSA) is 68.0 Å². The van der Waals surface area contributed by atoms with E-state index < -0.39 is 0 Å². The summed E-state index contributed by atoms with van der Waals surface area (Å²) in [4.78, 5) is 12.7. The number of ketones is 1. The molecule has 2 heterocycles. The van der Waals surface area contributed by atoms with E-state index in [2.05, 4.69) is 41.5 Å². The second-order valence-corrected chi connectivity index (χ2v) is 7.92. The minimum atomic E-state index is 0.141. The molecule has 0 atom stereocenters. The number of benzene rings is 1. The summed E-state index contributed by atoms with van der Waals surface area (Å²) in [6.07, 6.45) is 3.43. The van der Waals surface area contributed by atoms with Gasteiger partial charge in [0.25, 0.3) is 0 Å². The third kappa shape index (κ3) is 4.74. The van der Waals surface area contributed by atoms with Gasteiger partial charge in [0.1, 0.15) is 5.76 Å². The fourth-order valence-electron chi connectivity index (χ4n) is 2.53. The van der Waals surface area contributed by atoms with Crippen LogP contribution in [0.2, 0.25) is 0 Å². The van der Waals surface area contributed by atoms with Crippen molar-refractivity contribution < 1.29 is 9.21 Å². The van der Waals surface area contributed by atoms with E-state index in [1.165, 1.54) is 28.7 Å². The van der Waals surface area contributed by atoms with Gasteiger partial charge in [-0.25, -0.2) is 0 Å². The van der Waals surface area contributed by atoms with Crippen LogP contribution in [0.4, 0.5) is 5.13 Å². The predicted molar refractivity (Wildman–Crippen MR) is 106 cm³/mol. The lowest BCUT2D eigenvalue weighted by Crippen LogP contribution is -2.07. The van der Waals surface area contributed by atoms with Gasteiger partial charge in [-0.2, -0.15) is 0 Å². The van der Waals surface area contributed by atoms with Gasteiger partial charge in [0.15, 0.2) is 10.1 Å². The van der Waals surface area contributed by atoms with Crippen molar-refractivity contribution in [3.05, 3.63) is 59.0 Å². The highest BCUT2D eigenvalue weighted by Gasteiger charge is 2.14. The number of anilines is 1. The molecule has 1 N–H and O–H groups in total. The third-order valence-electron chi connectivity index (χ3n) is 3.99. The van der Waals surface area contributed by atoms with Crippen LogP contribution in [0.25, 0.3) is 0 Å². The van der Waals surface area contributed by atoms with E-state index in [0.717, 1.165) is 39.2 Å². The largest absolute Gasteiger partial charge is 0.467 e. The number of hydrogen-bond acceptors (Lipinski definition) is 7. The summed E-state index contributed by atoms with van der Waals surface area (Å²) in [5.41, 5.74) is 3.13. The minimum Gasteiger partial charge on any atom is -0.467 e. The van der Waals surface area contributed by atoms with Gasteiger partial charge in [0, 0.05) is 5.56 Å². The number of carbonyl (C=O) groups is 1. The molecule has 7 heteroatoms. The van der Waals surface area contributed by atoms with E-state index in [0.29, 0.717) is 12.3 Å². The van der Waals surface area contributed by atoms with Gasteiger partial charge < -0.3 is 9.73 Å². The summed E-state index contributed by atoms with van der Waals surface area (Å²) < 4.78 is 6.06. The molecule has 0 spiro atoms. The molecule has 0 radical (unpaired) electrons. The number of furan rings is 1. The van der Waals surface area contributed by atoms with Crippen LogP contribution in [0, 0.1) is 0 Å². The minimum absolute atomic E-state index is 0.141.